The maximum atomic E-state index is 13.6. The van der Waals surface area contributed by atoms with Crippen LogP contribution in [-0.4, -0.2) is 24.8 Å². The number of esters is 1. The maximum Gasteiger partial charge on any atom is 0.339 e. The number of aliphatic hydroxyl groups is 1. The Hall–Kier alpha value is -1.46. The van der Waals surface area contributed by atoms with E-state index in [4.69, 9.17) is 4.74 Å². The van der Waals surface area contributed by atoms with E-state index in [2.05, 4.69) is 4.74 Å². The summed E-state index contributed by atoms with van der Waals surface area (Å²) in [6.07, 6.45) is -1.59. The molecule has 0 fully saturated rings. The van der Waals surface area contributed by atoms with Crippen LogP contribution in [0.15, 0.2) is 18.2 Å². The molecule has 0 aliphatic carbocycles. The highest BCUT2D eigenvalue weighted by molar-refractivity contribution is 5.76. The van der Waals surface area contributed by atoms with Crippen LogP contribution in [0, 0.1) is 5.82 Å². The minimum atomic E-state index is -1.59. The first-order chi connectivity index (χ1) is 8.10. The summed E-state index contributed by atoms with van der Waals surface area (Å²) in [6.45, 7) is 2.02. The van der Waals surface area contributed by atoms with Gasteiger partial charge in [-0.1, -0.05) is 12.1 Å². The smallest absolute Gasteiger partial charge is 0.339 e. The molecular formula is C12H15FO4. The molecule has 0 spiro atoms. The van der Waals surface area contributed by atoms with Crippen LogP contribution in [0.4, 0.5) is 4.39 Å². The average molecular weight is 242 g/mol. The van der Waals surface area contributed by atoms with Gasteiger partial charge in [-0.2, -0.15) is 0 Å². The van der Waals surface area contributed by atoms with Crippen molar-refractivity contribution in [3.05, 3.63) is 35.1 Å². The molecule has 0 heterocycles. The normalized spacial score (nSPS) is 12.2. The molecule has 0 saturated heterocycles. The van der Waals surface area contributed by atoms with Crippen LogP contribution in [0.5, 0.6) is 0 Å². The van der Waals surface area contributed by atoms with E-state index in [0.29, 0.717) is 5.56 Å². The Morgan fingerprint density at radius 1 is 1.53 bits per heavy atom. The van der Waals surface area contributed by atoms with Crippen molar-refractivity contribution in [2.24, 2.45) is 0 Å². The van der Waals surface area contributed by atoms with Crippen molar-refractivity contribution in [3.63, 3.8) is 0 Å². The lowest BCUT2D eigenvalue weighted by atomic mass is 10.1. The van der Waals surface area contributed by atoms with Gasteiger partial charge in [0.1, 0.15) is 5.82 Å². The second-order valence-electron chi connectivity index (χ2n) is 3.44. The summed E-state index contributed by atoms with van der Waals surface area (Å²) < 4.78 is 23.1. The molecule has 0 aliphatic heterocycles. The van der Waals surface area contributed by atoms with Gasteiger partial charge in [0.15, 0.2) is 6.10 Å². The average Bonchev–Trinajstić information content (AvgIpc) is 2.29. The third-order valence-electron chi connectivity index (χ3n) is 2.18. The Labute approximate surface area is 99.0 Å². The molecule has 5 heteroatoms. The molecule has 1 aromatic rings. The van der Waals surface area contributed by atoms with E-state index >= 15 is 0 Å². The molecule has 4 nitrogen and oxygen atoms in total. The van der Waals surface area contributed by atoms with Crippen molar-refractivity contribution in [1.29, 1.82) is 0 Å². The number of aliphatic hydroxyl groups excluding tert-OH is 1. The first kappa shape index (κ1) is 13.6. The molecule has 0 bridgehead atoms. The summed E-state index contributed by atoms with van der Waals surface area (Å²) >= 11 is 0. The van der Waals surface area contributed by atoms with Crippen LogP contribution in [0.25, 0.3) is 0 Å². The van der Waals surface area contributed by atoms with E-state index < -0.39 is 17.9 Å². The fourth-order valence-corrected chi connectivity index (χ4v) is 1.40. The standard InChI is InChI=1S/C12H15FO4/c1-3-17-12(15)11(14)9-5-4-8(7-16-2)6-10(9)13/h4-6,11,14H,3,7H2,1-2H3. The molecular weight excluding hydrogens is 227 g/mol. The zero-order chi connectivity index (χ0) is 12.8. The zero-order valence-corrected chi connectivity index (χ0v) is 9.77. The molecule has 1 atom stereocenters. The van der Waals surface area contributed by atoms with E-state index in [1.165, 1.54) is 19.2 Å². The highest BCUT2D eigenvalue weighted by Crippen LogP contribution is 2.20. The second kappa shape index (κ2) is 6.32. The Balaban J connectivity index is 2.87. The maximum absolute atomic E-state index is 13.6. The summed E-state index contributed by atoms with van der Waals surface area (Å²) in [5.41, 5.74) is 0.535. The summed E-state index contributed by atoms with van der Waals surface area (Å²) in [6, 6.07) is 4.16. The lowest BCUT2D eigenvalue weighted by Crippen LogP contribution is -2.16. The quantitative estimate of drug-likeness (QED) is 0.796. The molecule has 94 valence electrons. The van der Waals surface area contributed by atoms with Gasteiger partial charge < -0.3 is 14.6 Å². The largest absolute Gasteiger partial charge is 0.464 e. The van der Waals surface area contributed by atoms with Gasteiger partial charge in [-0.05, 0) is 18.6 Å². The van der Waals surface area contributed by atoms with Crippen LogP contribution in [0.1, 0.15) is 24.2 Å². The van der Waals surface area contributed by atoms with Gasteiger partial charge in [0.05, 0.1) is 13.2 Å². The number of carbonyl (C=O) groups excluding carboxylic acids is 1. The fourth-order valence-electron chi connectivity index (χ4n) is 1.40. The number of carbonyl (C=O) groups is 1. The monoisotopic (exact) mass is 242 g/mol. The van der Waals surface area contributed by atoms with Gasteiger partial charge in [0.2, 0.25) is 0 Å². The number of hydrogen-bond donors (Lipinski definition) is 1. The third-order valence-corrected chi connectivity index (χ3v) is 2.18. The number of ether oxygens (including phenoxy) is 2. The Bertz CT molecular complexity index is 392. The molecule has 0 radical (unpaired) electrons. The molecule has 1 unspecified atom stereocenters. The highest BCUT2D eigenvalue weighted by Gasteiger charge is 2.22. The molecule has 17 heavy (non-hydrogen) atoms. The molecule has 0 amide bonds. The Morgan fingerprint density at radius 2 is 2.24 bits per heavy atom. The van der Waals surface area contributed by atoms with E-state index in [-0.39, 0.29) is 18.8 Å². The predicted octanol–water partition coefficient (Wildman–Crippen LogP) is 1.57. The molecule has 0 saturated carbocycles. The first-order valence-electron chi connectivity index (χ1n) is 5.22. The fraction of sp³-hybridized carbons (Fsp3) is 0.417. The van der Waals surface area contributed by atoms with Gasteiger partial charge in [-0.25, -0.2) is 9.18 Å². The number of halogens is 1. The third kappa shape index (κ3) is 3.51. The van der Waals surface area contributed by atoms with Crippen molar-refractivity contribution < 1.29 is 23.8 Å². The van der Waals surface area contributed by atoms with Crippen molar-refractivity contribution in [1.82, 2.24) is 0 Å². The van der Waals surface area contributed by atoms with Crippen LogP contribution in [0.2, 0.25) is 0 Å². The summed E-state index contributed by atoms with van der Waals surface area (Å²) in [5.74, 6) is -1.51. The van der Waals surface area contributed by atoms with Crippen LogP contribution in [-0.2, 0) is 20.9 Å². The van der Waals surface area contributed by atoms with Gasteiger partial charge in [0.25, 0.3) is 0 Å². The van der Waals surface area contributed by atoms with Gasteiger partial charge >= 0.3 is 5.97 Å². The van der Waals surface area contributed by atoms with Crippen molar-refractivity contribution in [2.45, 2.75) is 19.6 Å². The SMILES string of the molecule is CCOC(=O)C(O)c1ccc(COC)cc1F. The number of rotatable bonds is 5. The van der Waals surface area contributed by atoms with E-state index in [1.54, 1.807) is 13.0 Å². The second-order valence-corrected chi connectivity index (χ2v) is 3.44. The molecule has 0 aliphatic rings. The van der Waals surface area contributed by atoms with E-state index in [0.717, 1.165) is 0 Å². The topological polar surface area (TPSA) is 55.8 Å². The summed E-state index contributed by atoms with van der Waals surface area (Å²) in [4.78, 5) is 11.2. The minimum Gasteiger partial charge on any atom is -0.464 e. The minimum absolute atomic E-state index is 0.0942. The molecule has 1 N–H and O–H groups in total. The summed E-state index contributed by atoms with van der Waals surface area (Å²) in [7, 11) is 1.50. The summed E-state index contributed by atoms with van der Waals surface area (Å²) in [5, 5.41) is 9.58. The lowest BCUT2D eigenvalue weighted by molar-refractivity contribution is -0.153. The van der Waals surface area contributed by atoms with Gasteiger partial charge in [-0.15, -0.1) is 0 Å². The number of hydrogen-bond acceptors (Lipinski definition) is 4. The van der Waals surface area contributed by atoms with Gasteiger partial charge in [0, 0.05) is 12.7 Å². The zero-order valence-electron chi connectivity index (χ0n) is 9.77. The number of benzene rings is 1. The van der Waals surface area contributed by atoms with Crippen LogP contribution >= 0.6 is 0 Å². The number of methoxy groups -OCH3 is 1. The van der Waals surface area contributed by atoms with Crippen molar-refractivity contribution >= 4 is 5.97 Å². The highest BCUT2D eigenvalue weighted by atomic mass is 19.1. The van der Waals surface area contributed by atoms with Crippen LogP contribution < -0.4 is 0 Å². The Kier molecular flexibility index (Phi) is 5.06. The van der Waals surface area contributed by atoms with E-state index in [1.807, 2.05) is 0 Å². The van der Waals surface area contributed by atoms with Gasteiger partial charge in [-0.3, -0.25) is 0 Å². The first-order valence-corrected chi connectivity index (χ1v) is 5.22. The Morgan fingerprint density at radius 3 is 2.76 bits per heavy atom. The predicted molar refractivity (Wildman–Crippen MR) is 58.7 cm³/mol. The van der Waals surface area contributed by atoms with Crippen molar-refractivity contribution in [2.75, 3.05) is 13.7 Å². The van der Waals surface area contributed by atoms with Crippen molar-refractivity contribution in [3.8, 4) is 0 Å². The molecule has 1 aromatic carbocycles. The molecule has 1 rings (SSSR count). The van der Waals surface area contributed by atoms with Crippen LogP contribution in [0.3, 0.4) is 0 Å². The molecule has 0 aromatic heterocycles. The lowest BCUT2D eigenvalue weighted by Gasteiger charge is -2.11. The van der Waals surface area contributed by atoms with E-state index in [9.17, 15) is 14.3 Å².